The van der Waals surface area contributed by atoms with Gasteiger partial charge in [0.05, 0.1) is 23.4 Å². The van der Waals surface area contributed by atoms with E-state index in [2.05, 4.69) is 36.5 Å². The van der Waals surface area contributed by atoms with E-state index in [1.54, 1.807) is 0 Å². The van der Waals surface area contributed by atoms with Crippen LogP contribution in [0, 0.1) is 6.92 Å². The number of ether oxygens (including phenoxy) is 1. The van der Waals surface area contributed by atoms with Gasteiger partial charge in [0.25, 0.3) is 5.91 Å². The number of para-hydroxylation sites is 1. The molecule has 0 saturated carbocycles. The van der Waals surface area contributed by atoms with Crippen molar-refractivity contribution in [3.8, 4) is 17.0 Å². The number of nitrogens with one attached hydrogen (secondary N) is 1. The number of aromatic nitrogens is 1. The highest BCUT2D eigenvalue weighted by atomic mass is 16.5. The zero-order chi connectivity index (χ0) is 21.6. The molecule has 0 atom stereocenters. The number of fused-ring (bicyclic) bond motifs is 1. The van der Waals surface area contributed by atoms with E-state index in [0.717, 1.165) is 34.3 Å². The number of carbonyl (C=O) groups excluding carboxylic acids is 1. The normalized spacial score (nSPS) is 10.8. The fourth-order valence-electron chi connectivity index (χ4n) is 3.57. The second-order valence-corrected chi connectivity index (χ2v) is 7.52. The summed E-state index contributed by atoms with van der Waals surface area (Å²) >= 11 is 0. The van der Waals surface area contributed by atoms with Gasteiger partial charge in [-0.15, -0.1) is 0 Å². The number of amides is 1. The Kier molecular flexibility index (Phi) is 6.27. The maximum atomic E-state index is 13.1. The monoisotopic (exact) mass is 410 g/mol. The predicted octanol–water partition coefficient (Wildman–Crippen LogP) is 5.58. The van der Waals surface area contributed by atoms with Gasteiger partial charge in [-0.2, -0.15) is 0 Å². The van der Waals surface area contributed by atoms with Crippen LogP contribution in [0.2, 0.25) is 0 Å². The molecule has 1 aromatic heterocycles. The molecule has 0 aliphatic rings. The molecule has 31 heavy (non-hydrogen) atoms. The highest BCUT2D eigenvalue weighted by Gasteiger charge is 2.14. The average Bonchev–Trinajstić information content (AvgIpc) is 2.80. The number of pyridine rings is 1. The van der Waals surface area contributed by atoms with Gasteiger partial charge in [-0.3, -0.25) is 4.79 Å². The standard InChI is InChI=1S/C27H26N2O2/c1-3-31-22-14-12-21(13-15-22)26-18-24(23-6-4-5-7-25(23)29-26)27(30)28-17-16-20-10-8-19(2)9-11-20/h4-15,18H,3,16-17H2,1-2H3,(H,28,30). The molecule has 0 saturated heterocycles. The number of hydrogen-bond donors (Lipinski definition) is 1. The quantitative estimate of drug-likeness (QED) is 0.433. The third kappa shape index (κ3) is 4.92. The lowest BCUT2D eigenvalue weighted by Crippen LogP contribution is -2.26. The maximum Gasteiger partial charge on any atom is 0.252 e. The minimum Gasteiger partial charge on any atom is -0.494 e. The largest absolute Gasteiger partial charge is 0.494 e. The lowest BCUT2D eigenvalue weighted by molar-refractivity contribution is 0.0955. The Morgan fingerprint density at radius 3 is 2.45 bits per heavy atom. The van der Waals surface area contributed by atoms with Crippen LogP contribution in [0.1, 0.15) is 28.4 Å². The molecule has 0 fully saturated rings. The molecule has 156 valence electrons. The first-order valence-electron chi connectivity index (χ1n) is 10.6. The zero-order valence-electron chi connectivity index (χ0n) is 17.9. The third-order valence-corrected chi connectivity index (χ3v) is 5.24. The number of benzene rings is 3. The van der Waals surface area contributed by atoms with Gasteiger partial charge in [0.15, 0.2) is 0 Å². The van der Waals surface area contributed by atoms with Crippen molar-refractivity contribution in [2.45, 2.75) is 20.3 Å². The van der Waals surface area contributed by atoms with Gasteiger partial charge < -0.3 is 10.1 Å². The second kappa shape index (κ2) is 9.43. The summed E-state index contributed by atoms with van der Waals surface area (Å²) in [6.45, 7) is 5.24. The van der Waals surface area contributed by atoms with Crippen molar-refractivity contribution < 1.29 is 9.53 Å². The summed E-state index contributed by atoms with van der Waals surface area (Å²) < 4.78 is 5.53. The third-order valence-electron chi connectivity index (χ3n) is 5.24. The molecule has 4 rings (SSSR count). The fourth-order valence-corrected chi connectivity index (χ4v) is 3.57. The topological polar surface area (TPSA) is 51.2 Å². The summed E-state index contributed by atoms with van der Waals surface area (Å²) in [6.07, 6.45) is 0.792. The van der Waals surface area contributed by atoms with Crippen molar-refractivity contribution in [2.75, 3.05) is 13.2 Å². The van der Waals surface area contributed by atoms with Crippen molar-refractivity contribution >= 4 is 16.8 Å². The number of hydrogen-bond acceptors (Lipinski definition) is 3. The van der Waals surface area contributed by atoms with E-state index in [0.29, 0.717) is 18.7 Å². The molecule has 3 aromatic carbocycles. The van der Waals surface area contributed by atoms with Crippen LogP contribution in [0.4, 0.5) is 0 Å². The molecule has 4 nitrogen and oxygen atoms in total. The minimum absolute atomic E-state index is 0.0853. The Bertz CT molecular complexity index is 1180. The van der Waals surface area contributed by atoms with Crippen LogP contribution >= 0.6 is 0 Å². The first-order chi connectivity index (χ1) is 15.1. The van der Waals surface area contributed by atoms with Gasteiger partial charge in [0.2, 0.25) is 0 Å². The van der Waals surface area contributed by atoms with Crippen LogP contribution in [0.5, 0.6) is 5.75 Å². The smallest absolute Gasteiger partial charge is 0.252 e. The Morgan fingerprint density at radius 2 is 1.71 bits per heavy atom. The number of rotatable bonds is 7. The molecule has 0 unspecified atom stereocenters. The van der Waals surface area contributed by atoms with Gasteiger partial charge in [-0.25, -0.2) is 4.98 Å². The van der Waals surface area contributed by atoms with Crippen LogP contribution in [-0.2, 0) is 6.42 Å². The van der Waals surface area contributed by atoms with Crippen molar-refractivity contribution in [1.29, 1.82) is 0 Å². The van der Waals surface area contributed by atoms with Crippen LogP contribution in [0.25, 0.3) is 22.2 Å². The summed E-state index contributed by atoms with van der Waals surface area (Å²) in [7, 11) is 0. The van der Waals surface area contributed by atoms with E-state index in [1.165, 1.54) is 11.1 Å². The Labute approximate surface area is 182 Å². The first kappa shape index (κ1) is 20.6. The second-order valence-electron chi connectivity index (χ2n) is 7.52. The molecule has 0 bridgehead atoms. The van der Waals surface area contributed by atoms with Gasteiger partial charge in [0.1, 0.15) is 5.75 Å². The average molecular weight is 411 g/mol. The maximum absolute atomic E-state index is 13.1. The van der Waals surface area contributed by atoms with Crippen molar-refractivity contribution in [3.63, 3.8) is 0 Å². The predicted molar refractivity (Wildman–Crippen MR) is 126 cm³/mol. The summed E-state index contributed by atoms with van der Waals surface area (Å²) in [5.74, 6) is 0.735. The molecule has 0 aliphatic heterocycles. The van der Waals surface area contributed by atoms with Crippen molar-refractivity contribution in [3.05, 3.63) is 95.6 Å². The summed E-state index contributed by atoms with van der Waals surface area (Å²) in [6, 6.07) is 25.8. The number of nitrogens with zero attached hydrogens (tertiary/aromatic N) is 1. The van der Waals surface area contributed by atoms with E-state index in [-0.39, 0.29) is 5.91 Å². The number of aryl methyl sites for hydroxylation is 1. The summed E-state index contributed by atoms with van der Waals surface area (Å²) in [4.78, 5) is 17.8. The molecular weight excluding hydrogens is 384 g/mol. The zero-order valence-corrected chi connectivity index (χ0v) is 17.9. The summed E-state index contributed by atoms with van der Waals surface area (Å²) in [5, 5.41) is 3.92. The van der Waals surface area contributed by atoms with Crippen LogP contribution in [0.15, 0.2) is 78.9 Å². The Balaban J connectivity index is 1.58. The van der Waals surface area contributed by atoms with Crippen LogP contribution in [0.3, 0.4) is 0 Å². The lowest BCUT2D eigenvalue weighted by atomic mass is 10.0. The van der Waals surface area contributed by atoms with Crippen molar-refractivity contribution in [1.82, 2.24) is 10.3 Å². The van der Waals surface area contributed by atoms with E-state index >= 15 is 0 Å². The van der Waals surface area contributed by atoms with Gasteiger partial charge >= 0.3 is 0 Å². The highest BCUT2D eigenvalue weighted by molar-refractivity contribution is 6.07. The molecule has 1 heterocycles. The molecule has 0 spiro atoms. The van der Waals surface area contributed by atoms with Crippen LogP contribution in [-0.4, -0.2) is 24.0 Å². The molecule has 4 heteroatoms. The summed E-state index contributed by atoms with van der Waals surface area (Å²) in [5.41, 5.74) is 5.60. The van der Waals surface area contributed by atoms with E-state index in [9.17, 15) is 4.79 Å². The van der Waals surface area contributed by atoms with Gasteiger partial charge in [0, 0.05) is 17.5 Å². The van der Waals surface area contributed by atoms with Gasteiger partial charge in [-0.1, -0.05) is 48.0 Å². The molecule has 0 aliphatic carbocycles. The first-order valence-corrected chi connectivity index (χ1v) is 10.6. The SMILES string of the molecule is CCOc1ccc(-c2cc(C(=O)NCCc3ccc(C)cc3)c3ccccc3n2)cc1. The highest BCUT2D eigenvalue weighted by Crippen LogP contribution is 2.26. The Morgan fingerprint density at radius 1 is 0.968 bits per heavy atom. The van der Waals surface area contributed by atoms with E-state index in [4.69, 9.17) is 9.72 Å². The van der Waals surface area contributed by atoms with Gasteiger partial charge in [-0.05, 0) is 62.2 Å². The Hall–Kier alpha value is -3.66. The van der Waals surface area contributed by atoms with E-state index < -0.39 is 0 Å². The fraction of sp³-hybridized carbons (Fsp3) is 0.185. The molecule has 0 radical (unpaired) electrons. The molecule has 4 aromatic rings. The lowest BCUT2D eigenvalue weighted by Gasteiger charge is -2.11. The molecule has 1 amide bonds. The van der Waals surface area contributed by atoms with E-state index in [1.807, 2.05) is 61.5 Å². The molecule has 1 N–H and O–H groups in total. The molecular formula is C27H26N2O2. The minimum atomic E-state index is -0.0853. The number of carbonyl (C=O) groups is 1. The van der Waals surface area contributed by atoms with Crippen molar-refractivity contribution in [2.24, 2.45) is 0 Å². The van der Waals surface area contributed by atoms with Crippen LogP contribution < -0.4 is 10.1 Å².